The third-order valence-corrected chi connectivity index (χ3v) is 27.4. The molecule has 0 aliphatic rings. The van der Waals surface area contributed by atoms with Gasteiger partial charge in [0.1, 0.15) is 11.5 Å². The zero-order chi connectivity index (χ0) is 102. The second-order valence-electron chi connectivity index (χ2n) is 37.1. The zero-order valence-corrected chi connectivity index (χ0v) is 89.7. The monoisotopic (exact) mass is 1940 g/mol. The van der Waals surface area contributed by atoms with Crippen molar-refractivity contribution in [3.63, 3.8) is 0 Å². The first kappa shape index (κ1) is 110. The third-order valence-electron chi connectivity index (χ3n) is 23.5. The summed E-state index contributed by atoms with van der Waals surface area (Å²) in [6, 6.07) is 151. The summed E-state index contributed by atoms with van der Waals surface area (Å²) in [5.41, 5.74) is 35.0. The van der Waals surface area contributed by atoms with Crippen LogP contribution in [-0.2, 0) is 24.7 Å². The Bertz CT molecular complexity index is 5790. The Hall–Kier alpha value is -13.8. The summed E-state index contributed by atoms with van der Waals surface area (Å²) < 4.78 is 5.69. The summed E-state index contributed by atoms with van der Waals surface area (Å²) in [5, 5.41) is 0. The van der Waals surface area contributed by atoms with E-state index in [-0.39, 0.29) is 11.2 Å². The van der Waals surface area contributed by atoms with E-state index in [9.17, 15) is 4.79 Å². The van der Waals surface area contributed by atoms with Crippen molar-refractivity contribution in [2.24, 2.45) is 0 Å². The molecule has 0 atom stereocenters. The molecule has 0 unspecified atom stereocenters. The average molecular weight is 1940 g/mol. The van der Waals surface area contributed by atoms with Gasteiger partial charge < -0.3 is 4.74 Å². The Kier molecular flexibility index (Phi) is 44.8. The minimum absolute atomic E-state index is 0.0708. The largest absolute Gasteiger partial charge is 0.457 e. The van der Waals surface area contributed by atoms with Gasteiger partial charge in [-0.2, -0.15) is 0 Å². The highest BCUT2D eigenvalue weighted by Crippen LogP contribution is 2.38. The van der Waals surface area contributed by atoms with Crippen molar-refractivity contribution >= 4 is 56.2 Å². The minimum Gasteiger partial charge on any atom is -0.457 e. The Morgan fingerprint density at radius 1 is 0.211 bits per heavy atom. The molecular formula is C134H138O4S4. The first-order valence-corrected chi connectivity index (χ1v) is 51.9. The maximum Gasteiger partial charge on any atom is 0.193 e. The van der Waals surface area contributed by atoms with Gasteiger partial charge in [0.25, 0.3) is 0 Å². The van der Waals surface area contributed by atoms with Crippen LogP contribution in [0.25, 0.3) is 0 Å². The number of carbonyl (C=O) groups is 1. The van der Waals surface area contributed by atoms with E-state index in [2.05, 4.69) is 402 Å². The van der Waals surface area contributed by atoms with Crippen LogP contribution in [0.15, 0.2) is 456 Å². The standard InChI is InChI=1S/C17H20.C16H18.C15H14O.C15H14S.C15H16.C14H14O2.C14H14O.C14H14S2.C14H14S/c1-13-5-9-15(10-6-13)17(3,4)16-11-7-14(2)8-12-16;1-13-3-7-15(8-4-13)11-12-16-9-5-14(2)6-10-16;2*1-11-3-7-13(8-4-11)15(16)14-9-5-12(2)6-10-14;1-12-3-7-14(8-4-12)11-15-9-5-13(2)6-10-15;1-11-3-7-13(8-4-11)15-16-14-9-5-12(2)6-10-14;1-11-3-7-13(8-4-11)15-14-9-5-12(2)6-10-14;1-11-3-7-13(8-4-11)15-16-14-9-5-12(2)6-10-14;1-11-3-7-13(8-4-11)15-14-9-5-12(2)6-10-14/h5-12H,1-4H3;3-10H,11-12H2,1-2H3;2*3-10H,1-2H3;3-10H,11H2,1-2H3;3-10H,1-2H3;3-10H,1-2H3;3-10H,1-2H3;3-10H,1-2H3. The molecule has 0 amide bonds. The first-order valence-electron chi connectivity index (χ1n) is 48.6. The van der Waals surface area contributed by atoms with Crippen molar-refractivity contribution < 1.29 is 19.3 Å². The molecule has 0 aliphatic heterocycles. The van der Waals surface area contributed by atoms with Crippen LogP contribution < -0.4 is 14.5 Å². The molecule has 0 aromatic heterocycles. The van der Waals surface area contributed by atoms with Crippen molar-refractivity contribution in [1.29, 1.82) is 0 Å². The fourth-order valence-corrected chi connectivity index (χ4v) is 17.0. The SMILES string of the molecule is Cc1ccc(C(=O)c2ccc(C)cc2)cc1.Cc1ccc(C(=S)c2ccc(C)cc2)cc1.Cc1ccc(C(C)(C)c2ccc(C)cc2)cc1.Cc1ccc(CCc2ccc(C)cc2)cc1.Cc1ccc(Cc2ccc(C)cc2)cc1.Cc1ccc(OOc2ccc(C)cc2)cc1.Cc1ccc(Oc2ccc(C)cc2)cc1.Cc1ccc(SSc2ccc(C)cc2)cc1.Cc1ccc(Sc2ccc(C)cc2)cc1. The van der Waals surface area contributed by atoms with E-state index in [0.717, 1.165) is 57.9 Å². The first-order chi connectivity index (χ1) is 68.3. The maximum absolute atomic E-state index is 12.1. The van der Waals surface area contributed by atoms with E-state index < -0.39 is 0 Å². The molecule has 18 rings (SSSR count). The lowest BCUT2D eigenvalue weighted by molar-refractivity contribution is -0.0999. The average Bonchev–Trinajstić information content (AvgIpc) is 0.798. The fraction of sp³-hybridized carbons (Fsp3) is 0.179. The molecule has 0 heterocycles. The second-order valence-corrected chi connectivity index (χ2v) is 41.0. The molecule has 0 saturated carbocycles. The van der Waals surface area contributed by atoms with E-state index in [4.69, 9.17) is 26.7 Å². The van der Waals surface area contributed by atoms with E-state index in [1.165, 1.54) is 153 Å². The van der Waals surface area contributed by atoms with Crippen LogP contribution in [-0.4, -0.2) is 10.6 Å². The molecule has 8 heteroatoms. The van der Waals surface area contributed by atoms with Crippen LogP contribution in [0.5, 0.6) is 23.0 Å². The summed E-state index contributed by atoms with van der Waals surface area (Å²) in [5.74, 6) is 3.24. The maximum atomic E-state index is 12.1. The molecule has 4 nitrogen and oxygen atoms in total. The highest BCUT2D eigenvalue weighted by Gasteiger charge is 2.23. The van der Waals surface area contributed by atoms with Gasteiger partial charge in [-0.15, -0.1) is 0 Å². The van der Waals surface area contributed by atoms with Crippen LogP contribution in [0.1, 0.15) is 174 Å². The molecule has 18 aromatic rings. The molecule has 18 aromatic carbocycles. The number of benzene rings is 18. The number of rotatable bonds is 21. The van der Waals surface area contributed by atoms with Crippen molar-refractivity contribution in [3.05, 3.63) is 593 Å². The lowest BCUT2D eigenvalue weighted by atomic mass is 9.78. The molecule has 0 bridgehead atoms. The van der Waals surface area contributed by atoms with Gasteiger partial charge in [0.15, 0.2) is 17.3 Å². The van der Waals surface area contributed by atoms with Gasteiger partial charge >= 0.3 is 0 Å². The normalized spacial score (nSPS) is 10.3. The Morgan fingerprint density at radius 3 is 0.620 bits per heavy atom. The number of thiocarbonyl (C=S) groups is 1. The van der Waals surface area contributed by atoms with E-state index in [1.807, 2.05) is 173 Å². The van der Waals surface area contributed by atoms with Gasteiger partial charge in [0.2, 0.25) is 0 Å². The summed E-state index contributed by atoms with van der Waals surface area (Å²) in [4.78, 5) is 28.6. The Balaban J connectivity index is 0.000000164. The van der Waals surface area contributed by atoms with Crippen molar-refractivity contribution in [3.8, 4) is 23.0 Å². The van der Waals surface area contributed by atoms with E-state index in [1.54, 1.807) is 33.3 Å². The quantitative estimate of drug-likeness (QED) is 0.0232. The molecule has 0 aliphatic carbocycles. The predicted molar refractivity (Wildman–Crippen MR) is 615 cm³/mol. The minimum atomic E-state index is 0.0708. The highest BCUT2D eigenvalue weighted by molar-refractivity contribution is 8.76. The number of hydrogen-bond donors (Lipinski definition) is 0. The Labute approximate surface area is 866 Å². The molecule has 722 valence electrons. The third kappa shape index (κ3) is 40.4. The predicted octanol–water partition coefficient (Wildman–Crippen LogP) is 37.5. The van der Waals surface area contributed by atoms with Gasteiger partial charge in [-0.05, 0) is 285 Å². The van der Waals surface area contributed by atoms with Crippen LogP contribution in [0.3, 0.4) is 0 Å². The molecule has 0 fully saturated rings. The van der Waals surface area contributed by atoms with Crippen LogP contribution >= 0.6 is 45.6 Å². The van der Waals surface area contributed by atoms with Crippen molar-refractivity contribution in [1.82, 2.24) is 0 Å². The Morgan fingerprint density at radius 2 is 0.387 bits per heavy atom. The van der Waals surface area contributed by atoms with Crippen molar-refractivity contribution in [2.75, 3.05) is 0 Å². The molecule has 0 saturated heterocycles. The van der Waals surface area contributed by atoms with Crippen LogP contribution in [0.2, 0.25) is 0 Å². The zero-order valence-electron chi connectivity index (χ0n) is 86.5. The molecule has 0 N–H and O–H groups in total. The summed E-state index contributed by atoms with van der Waals surface area (Å²) in [7, 11) is 3.61. The van der Waals surface area contributed by atoms with E-state index in [0.29, 0.717) is 11.5 Å². The number of ether oxygens (including phenoxy) is 1. The summed E-state index contributed by atoms with van der Waals surface area (Å²) in [6.07, 6.45) is 3.28. The fourth-order valence-electron chi connectivity index (χ4n) is 14.0. The van der Waals surface area contributed by atoms with Gasteiger partial charge in [0, 0.05) is 36.1 Å². The van der Waals surface area contributed by atoms with Crippen molar-refractivity contribution in [2.45, 2.75) is 183 Å². The van der Waals surface area contributed by atoms with Gasteiger partial charge in [0.05, 0.1) is 4.86 Å². The van der Waals surface area contributed by atoms with Crippen LogP contribution in [0, 0.1) is 125 Å². The lowest BCUT2D eigenvalue weighted by Crippen LogP contribution is -2.18. The summed E-state index contributed by atoms with van der Waals surface area (Å²) >= 11 is 7.28. The van der Waals surface area contributed by atoms with E-state index >= 15 is 0 Å². The highest BCUT2D eigenvalue weighted by atomic mass is 33.1. The topological polar surface area (TPSA) is 44.8 Å². The molecule has 142 heavy (non-hydrogen) atoms. The van der Waals surface area contributed by atoms with Gasteiger partial charge in [-0.3, -0.25) is 14.6 Å². The van der Waals surface area contributed by atoms with Gasteiger partial charge in [-0.25, -0.2) is 0 Å². The number of ketones is 1. The summed E-state index contributed by atoms with van der Waals surface area (Å²) in [6.45, 7) is 42.1. The second kappa shape index (κ2) is 57.8. The number of hydrogen-bond acceptors (Lipinski definition) is 8. The lowest BCUT2D eigenvalue weighted by Gasteiger charge is -2.26. The molecular weight excluding hydrogens is 1800 g/mol. The number of aryl methyl sites for hydroxylation is 20. The smallest absolute Gasteiger partial charge is 0.193 e. The molecule has 0 radical (unpaired) electrons. The number of carbonyl (C=O) groups excluding carboxylic acids is 1. The molecule has 0 spiro atoms. The van der Waals surface area contributed by atoms with Crippen LogP contribution in [0.4, 0.5) is 0 Å². The van der Waals surface area contributed by atoms with Gasteiger partial charge in [-0.1, -0.05) is 499 Å².